The number of para-hydroxylation sites is 1. The smallest absolute Gasteiger partial charge is 0.302 e. The van der Waals surface area contributed by atoms with Gasteiger partial charge in [-0.2, -0.15) is 10.1 Å². The molecule has 0 unspecified atom stereocenters. The first-order valence-electron chi connectivity index (χ1n) is 10.2. The Morgan fingerprint density at radius 1 is 1.33 bits per heavy atom. The molecule has 1 aliphatic rings. The number of anilines is 2. The van der Waals surface area contributed by atoms with Crippen molar-refractivity contribution in [3.63, 3.8) is 0 Å². The lowest BCUT2D eigenvalue weighted by Crippen LogP contribution is -2.40. The zero-order valence-corrected chi connectivity index (χ0v) is 18.1. The van der Waals surface area contributed by atoms with Crippen LogP contribution in [0.5, 0.6) is 0 Å². The Labute approximate surface area is 192 Å². The third kappa shape index (κ3) is 3.65. The molecule has 1 saturated heterocycles. The summed E-state index contributed by atoms with van der Waals surface area (Å²) in [6, 6.07) is 4.90. The summed E-state index contributed by atoms with van der Waals surface area (Å²) < 4.78 is 7.22. The molecule has 33 heavy (non-hydrogen) atoms. The Bertz CT molecular complexity index is 1410. The number of carbonyl (C=O) groups is 2. The van der Waals surface area contributed by atoms with Crippen molar-refractivity contribution in [2.24, 2.45) is 0 Å². The van der Waals surface area contributed by atoms with Crippen molar-refractivity contribution in [3.05, 3.63) is 47.9 Å². The molecule has 4 aromatic rings. The fourth-order valence-electron chi connectivity index (χ4n) is 4.02. The number of nitrogen functional groups attached to an aromatic ring is 1. The van der Waals surface area contributed by atoms with Gasteiger partial charge in [-0.1, -0.05) is 24.2 Å². The first kappa shape index (κ1) is 20.9. The number of hydrogen-bond acceptors (Lipinski definition) is 8. The first-order chi connectivity index (χ1) is 16.0. The van der Waals surface area contributed by atoms with Crippen LogP contribution >= 0.6 is 11.6 Å². The van der Waals surface area contributed by atoms with Gasteiger partial charge in [0.15, 0.2) is 16.9 Å². The van der Waals surface area contributed by atoms with Gasteiger partial charge < -0.3 is 15.1 Å². The molecule has 0 bridgehead atoms. The molecule has 0 aliphatic carbocycles. The molecular weight excluding hydrogens is 448 g/mol. The van der Waals surface area contributed by atoms with Crippen molar-refractivity contribution in [1.29, 1.82) is 0 Å². The number of nitrogens with zero attached hydrogens (tertiary/aromatic N) is 6. The highest BCUT2D eigenvalue weighted by molar-refractivity contribution is 6.34. The summed E-state index contributed by atoms with van der Waals surface area (Å²) in [5.41, 5.74) is 7.40. The highest BCUT2D eigenvalue weighted by Crippen LogP contribution is 2.30. The molecule has 0 radical (unpaired) electrons. The van der Waals surface area contributed by atoms with Gasteiger partial charge in [-0.05, 0) is 31.1 Å². The van der Waals surface area contributed by atoms with Gasteiger partial charge in [0, 0.05) is 13.1 Å². The normalized spacial score (nSPS) is 16.3. The molecule has 3 N–H and O–H groups in total. The molecule has 1 atom stereocenters. The van der Waals surface area contributed by atoms with Gasteiger partial charge in [-0.15, -0.1) is 0 Å². The maximum Gasteiger partial charge on any atom is 0.302 e. The molecule has 12 heteroatoms. The third-order valence-electron chi connectivity index (χ3n) is 5.55. The van der Waals surface area contributed by atoms with Crippen LogP contribution in [0.25, 0.3) is 22.1 Å². The van der Waals surface area contributed by atoms with Crippen molar-refractivity contribution < 1.29 is 14.0 Å². The number of carbonyl (C=O) groups excluding carboxylic acids is 2. The van der Waals surface area contributed by atoms with Crippen molar-refractivity contribution in [2.45, 2.75) is 18.9 Å². The maximum atomic E-state index is 13.1. The van der Waals surface area contributed by atoms with E-state index in [1.165, 1.54) is 12.4 Å². The number of benzene rings is 1. The zero-order chi connectivity index (χ0) is 23.1. The van der Waals surface area contributed by atoms with Gasteiger partial charge in [0.1, 0.15) is 17.7 Å². The van der Waals surface area contributed by atoms with E-state index in [2.05, 4.69) is 31.9 Å². The van der Waals surface area contributed by atoms with Crippen LogP contribution in [0.2, 0.25) is 5.02 Å². The number of nitrogens with two attached hydrogens (primary N) is 1. The van der Waals surface area contributed by atoms with Crippen LogP contribution < -0.4 is 11.1 Å². The number of piperidine rings is 1. The molecule has 4 heterocycles. The first-order valence-corrected chi connectivity index (χ1v) is 10.6. The molecule has 1 aromatic carbocycles. The minimum Gasteiger partial charge on any atom is -0.422 e. The number of hydrogen-bond donors (Lipinski definition) is 2. The molecule has 168 valence electrons. The number of rotatable bonds is 4. The number of oxazole rings is 1. The summed E-state index contributed by atoms with van der Waals surface area (Å²) in [5, 5.41) is 7.82. The van der Waals surface area contributed by atoms with E-state index >= 15 is 0 Å². The average Bonchev–Trinajstić information content (AvgIpc) is 3.42. The Morgan fingerprint density at radius 2 is 2.18 bits per heavy atom. The molecule has 1 aliphatic heterocycles. The van der Waals surface area contributed by atoms with Gasteiger partial charge in [0.2, 0.25) is 5.91 Å². The number of halogens is 1. The molecule has 0 spiro atoms. The number of nitrogens with one attached hydrogen (secondary N) is 1. The Kier molecular flexibility index (Phi) is 5.17. The Morgan fingerprint density at radius 3 is 2.97 bits per heavy atom. The van der Waals surface area contributed by atoms with Gasteiger partial charge in [0.25, 0.3) is 5.91 Å². The summed E-state index contributed by atoms with van der Waals surface area (Å²) >= 11 is 6.13. The monoisotopic (exact) mass is 466 g/mol. The average molecular weight is 467 g/mol. The van der Waals surface area contributed by atoms with Crippen LogP contribution in [0.15, 0.2) is 41.6 Å². The zero-order valence-electron chi connectivity index (χ0n) is 17.4. The Balaban J connectivity index is 1.51. The summed E-state index contributed by atoms with van der Waals surface area (Å²) in [7, 11) is 0. The van der Waals surface area contributed by atoms with E-state index in [1.807, 2.05) is 0 Å². The largest absolute Gasteiger partial charge is 0.422 e. The van der Waals surface area contributed by atoms with Gasteiger partial charge in [-0.3, -0.25) is 14.9 Å². The lowest BCUT2D eigenvalue weighted by atomic mass is 10.1. The molecule has 2 amide bonds. The summed E-state index contributed by atoms with van der Waals surface area (Å²) in [4.78, 5) is 39.5. The topological polar surface area (TPSA) is 145 Å². The van der Waals surface area contributed by atoms with Crippen molar-refractivity contribution >= 4 is 57.4 Å². The molecule has 1 fully saturated rings. The lowest BCUT2D eigenvalue weighted by molar-refractivity contribution is -0.127. The van der Waals surface area contributed by atoms with Crippen LogP contribution in [-0.4, -0.2) is 54.5 Å². The van der Waals surface area contributed by atoms with Crippen LogP contribution in [-0.2, 0) is 4.79 Å². The third-order valence-corrected chi connectivity index (χ3v) is 5.85. The fourth-order valence-corrected chi connectivity index (χ4v) is 4.23. The fraction of sp³-hybridized carbons (Fsp3) is 0.238. The van der Waals surface area contributed by atoms with Crippen LogP contribution in [0, 0.1) is 0 Å². The number of fused-ring (bicyclic) bond motifs is 2. The van der Waals surface area contributed by atoms with Crippen LogP contribution in [0.3, 0.4) is 0 Å². The van der Waals surface area contributed by atoms with E-state index in [4.69, 9.17) is 21.8 Å². The van der Waals surface area contributed by atoms with Crippen molar-refractivity contribution in [2.75, 3.05) is 24.1 Å². The van der Waals surface area contributed by atoms with Gasteiger partial charge in [0.05, 0.1) is 16.5 Å². The second-order valence-corrected chi connectivity index (χ2v) is 8.00. The van der Waals surface area contributed by atoms with E-state index in [9.17, 15) is 9.59 Å². The maximum absolute atomic E-state index is 13.1. The van der Waals surface area contributed by atoms with Crippen molar-refractivity contribution in [3.8, 4) is 0 Å². The highest BCUT2D eigenvalue weighted by atomic mass is 35.5. The minimum atomic E-state index is -0.585. The molecule has 11 nitrogen and oxygen atoms in total. The molecule has 5 rings (SSSR count). The second kappa shape index (κ2) is 8.17. The molecular formula is C21H19ClN8O3. The van der Waals surface area contributed by atoms with Gasteiger partial charge >= 0.3 is 6.01 Å². The summed E-state index contributed by atoms with van der Waals surface area (Å²) in [6.07, 6.45) is 4.13. The minimum absolute atomic E-state index is 0.0263. The van der Waals surface area contributed by atoms with E-state index in [0.717, 1.165) is 12.8 Å². The second-order valence-electron chi connectivity index (χ2n) is 7.60. The van der Waals surface area contributed by atoms with E-state index in [-0.39, 0.29) is 29.5 Å². The summed E-state index contributed by atoms with van der Waals surface area (Å²) in [6.45, 7) is 4.60. The predicted octanol–water partition coefficient (Wildman–Crippen LogP) is 2.80. The van der Waals surface area contributed by atoms with E-state index < -0.39 is 5.91 Å². The number of aromatic nitrogens is 5. The molecule has 3 aromatic heterocycles. The summed E-state index contributed by atoms with van der Waals surface area (Å²) in [5.74, 6) is -0.623. The quantitative estimate of drug-likeness (QED) is 0.436. The number of likely N-dealkylation sites (tertiary alicyclic amines) is 1. The van der Waals surface area contributed by atoms with Crippen LogP contribution in [0.1, 0.15) is 29.4 Å². The van der Waals surface area contributed by atoms with Gasteiger partial charge in [-0.25, -0.2) is 14.6 Å². The van der Waals surface area contributed by atoms with E-state index in [0.29, 0.717) is 40.2 Å². The molecule has 0 saturated carbocycles. The van der Waals surface area contributed by atoms with Crippen molar-refractivity contribution in [1.82, 2.24) is 29.6 Å². The van der Waals surface area contributed by atoms with Crippen LogP contribution in [0.4, 0.5) is 11.8 Å². The number of amides is 2. The SMILES string of the molecule is C=CC(=O)N1CCC[C@@H](n2nc(C(=O)Nc3nc4cccc(Cl)c4o3)c3c(N)ncnc32)C1. The standard InChI is InChI=1S/C21H19ClN8O3/c1-2-14(31)29-8-4-5-11(9-29)30-19-15(18(23)24-10-25-19)16(28-30)20(32)27-21-26-13-7-3-6-12(22)17(13)33-21/h2-3,6-7,10-11H,1,4-5,8-9H2,(H2,23,24,25)(H,26,27,32)/t11-/m1/s1. The Hall–Kier alpha value is -3.99. The predicted molar refractivity (Wildman–Crippen MR) is 122 cm³/mol. The lowest BCUT2D eigenvalue weighted by Gasteiger charge is -2.32. The highest BCUT2D eigenvalue weighted by Gasteiger charge is 2.29. The van der Waals surface area contributed by atoms with E-state index in [1.54, 1.807) is 27.8 Å².